The van der Waals surface area contributed by atoms with Gasteiger partial charge in [-0.2, -0.15) is 0 Å². The predicted octanol–water partition coefficient (Wildman–Crippen LogP) is 2.17. The molecule has 1 rings (SSSR count). The number of hydrogen-bond acceptors (Lipinski definition) is 1. The van der Waals surface area contributed by atoms with Gasteiger partial charge in [0.2, 0.25) is 0 Å². The highest BCUT2D eigenvalue weighted by Gasteiger charge is 2.19. The SMILES string of the molecule is CCC[C@@H](C)[C@H]1CCCN1. The Balaban J connectivity index is 2.18. The minimum atomic E-state index is 0.833. The summed E-state index contributed by atoms with van der Waals surface area (Å²) in [5.41, 5.74) is 0. The molecule has 1 heteroatoms. The Hall–Kier alpha value is -0.0400. The van der Waals surface area contributed by atoms with E-state index in [0.717, 1.165) is 12.0 Å². The van der Waals surface area contributed by atoms with E-state index in [1.54, 1.807) is 0 Å². The lowest BCUT2D eigenvalue weighted by Crippen LogP contribution is -2.28. The molecule has 1 aliphatic rings. The molecule has 0 bridgehead atoms. The summed E-state index contributed by atoms with van der Waals surface area (Å²) in [5.74, 6) is 0.896. The van der Waals surface area contributed by atoms with Gasteiger partial charge in [-0.15, -0.1) is 0 Å². The number of hydrogen-bond donors (Lipinski definition) is 1. The van der Waals surface area contributed by atoms with Crippen LogP contribution < -0.4 is 5.32 Å². The van der Waals surface area contributed by atoms with Crippen LogP contribution in [0.2, 0.25) is 0 Å². The molecule has 0 saturated carbocycles. The van der Waals surface area contributed by atoms with Gasteiger partial charge < -0.3 is 5.32 Å². The summed E-state index contributed by atoms with van der Waals surface area (Å²) >= 11 is 0. The van der Waals surface area contributed by atoms with Crippen LogP contribution in [0.5, 0.6) is 0 Å². The van der Waals surface area contributed by atoms with Gasteiger partial charge in [-0.25, -0.2) is 0 Å². The second kappa shape index (κ2) is 3.97. The van der Waals surface area contributed by atoms with Gasteiger partial charge in [-0.3, -0.25) is 0 Å². The van der Waals surface area contributed by atoms with Crippen LogP contribution in [-0.2, 0) is 0 Å². The topological polar surface area (TPSA) is 12.0 Å². The molecular formula is C9H19N. The average Bonchev–Trinajstić information content (AvgIpc) is 2.38. The zero-order chi connectivity index (χ0) is 7.40. The fourth-order valence-corrected chi connectivity index (χ4v) is 1.85. The van der Waals surface area contributed by atoms with Crippen LogP contribution in [-0.4, -0.2) is 12.6 Å². The molecule has 0 radical (unpaired) electrons. The van der Waals surface area contributed by atoms with Gasteiger partial charge in [0.05, 0.1) is 0 Å². The van der Waals surface area contributed by atoms with Gasteiger partial charge in [-0.1, -0.05) is 20.3 Å². The first-order chi connectivity index (χ1) is 4.84. The van der Waals surface area contributed by atoms with Crippen molar-refractivity contribution >= 4 is 0 Å². The molecule has 1 aliphatic heterocycles. The Labute approximate surface area is 64.2 Å². The molecular weight excluding hydrogens is 122 g/mol. The van der Waals surface area contributed by atoms with E-state index in [1.165, 1.54) is 32.2 Å². The van der Waals surface area contributed by atoms with E-state index >= 15 is 0 Å². The van der Waals surface area contributed by atoms with Gasteiger partial charge in [0.1, 0.15) is 0 Å². The van der Waals surface area contributed by atoms with Crippen LogP contribution in [0, 0.1) is 5.92 Å². The van der Waals surface area contributed by atoms with Gasteiger partial charge in [0.15, 0.2) is 0 Å². The molecule has 60 valence electrons. The van der Waals surface area contributed by atoms with Crippen LogP contribution in [0.4, 0.5) is 0 Å². The van der Waals surface area contributed by atoms with Crippen molar-refractivity contribution in [2.45, 2.75) is 45.6 Å². The number of nitrogens with one attached hydrogen (secondary N) is 1. The van der Waals surface area contributed by atoms with E-state index in [1.807, 2.05) is 0 Å². The molecule has 0 aromatic rings. The maximum Gasteiger partial charge on any atom is 0.00931 e. The fourth-order valence-electron chi connectivity index (χ4n) is 1.85. The molecule has 1 heterocycles. The fraction of sp³-hybridized carbons (Fsp3) is 1.00. The molecule has 0 unspecified atom stereocenters. The van der Waals surface area contributed by atoms with Crippen molar-refractivity contribution in [3.63, 3.8) is 0 Å². The van der Waals surface area contributed by atoms with E-state index in [2.05, 4.69) is 19.2 Å². The first kappa shape index (κ1) is 8.06. The van der Waals surface area contributed by atoms with E-state index in [0.29, 0.717) is 0 Å². The Kier molecular flexibility index (Phi) is 3.20. The molecule has 0 aromatic heterocycles. The van der Waals surface area contributed by atoms with Crippen LogP contribution in [0.1, 0.15) is 39.5 Å². The third-order valence-corrected chi connectivity index (χ3v) is 2.53. The highest BCUT2D eigenvalue weighted by atomic mass is 14.9. The molecule has 0 spiro atoms. The monoisotopic (exact) mass is 141 g/mol. The van der Waals surface area contributed by atoms with Crippen molar-refractivity contribution < 1.29 is 0 Å². The highest BCUT2D eigenvalue weighted by molar-refractivity contribution is 4.78. The summed E-state index contributed by atoms with van der Waals surface area (Å²) in [6, 6.07) is 0.833. The minimum Gasteiger partial charge on any atom is -0.314 e. The third kappa shape index (κ3) is 1.98. The lowest BCUT2D eigenvalue weighted by atomic mass is 9.96. The average molecular weight is 141 g/mol. The van der Waals surface area contributed by atoms with Crippen LogP contribution >= 0.6 is 0 Å². The maximum atomic E-state index is 3.54. The lowest BCUT2D eigenvalue weighted by Gasteiger charge is -2.17. The van der Waals surface area contributed by atoms with Crippen molar-refractivity contribution in [1.82, 2.24) is 5.32 Å². The standard InChI is InChI=1S/C9H19N/c1-3-5-8(2)9-6-4-7-10-9/h8-10H,3-7H2,1-2H3/t8-,9-/m1/s1. The molecule has 1 saturated heterocycles. The second-order valence-corrected chi connectivity index (χ2v) is 3.47. The van der Waals surface area contributed by atoms with Crippen molar-refractivity contribution in [1.29, 1.82) is 0 Å². The Morgan fingerprint density at radius 1 is 1.60 bits per heavy atom. The first-order valence-electron chi connectivity index (χ1n) is 4.58. The maximum absolute atomic E-state index is 3.54. The summed E-state index contributed by atoms with van der Waals surface area (Å²) < 4.78 is 0. The first-order valence-corrected chi connectivity index (χ1v) is 4.58. The van der Waals surface area contributed by atoms with E-state index < -0.39 is 0 Å². The molecule has 1 N–H and O–H groups in total. The largest absolute Gasteiger partial charge is 0.314 e. The van der Waals surface area contributed by atoms with Crippen molar-refractivity contribution in [2.75, 3.05) is 6.54 Å². The molecule has 0 aromatic carbocycles. The van der Waals surface area contributed by atoms with Gasteiger partial charge >= 0.3 is 0 Å². The Morgan fingerprint density at radius 2 is 2.40 bits per heavy atom. The Bertz CT molecular complexity index is 84.7. The summed E-state index contributed by atoms with van der Waals surface area (Å²) in [5, 5.41) is 3.54. The molecule has 10 heavy (non-hydrogen) atoms. The number of rotatable bonds is 3. The van der Waals surface area contributed by atoms with Gasteiger partial charge in [0, 0.05) is 6.04 Å². The summed E-state index contributed by atoms with van der Waals surface area (Å²) in [6.07, 6.45) is 5.51. The molecule has 1 fully saturated rings. The van der Waals surface area contributed by atoms with Crippen LogP contribution in [0.3, 0.4) is 0 Å². The smallest absolute Gasteiger partial charge is 0.00931 e. The molecule has 0 aliphatic carbocycles. The predicted molar refractivity (Wildman–Crippen MR) is 45.1 cm³/mol. The molecule has 1 nitrogen and oxygen atoms in total. The van der Waals surface area contributed by atoms with Crippen LogP contribution in [0.15, 0.2) is 0 Å². The quantitative estimate of drug-likeness (QED) is 0.635. The highest BCUT2D eigenvalue weighted by Crippen LogP contribution is 2.18. The zero-order valence-corrected chi connectivity index (χ0v) is 7.19. The van der Waals surface area contributed by atoms with E-state index in [-0.39, 0.29) is 0 Å². The van der Waals surface area contributed by atoms with Crippen molar-refractivity contribution in [2.24, 2.45) is 5.92 Å². The summed E-state index contributed by atoms with van der Waals surface area (Å²) in [4.78, 5) is 0. The second-order valence-electron chi connectivity index (χ2n) is 3.47. The van der Waals surface area contributed by atoms with Gasteiger partial charge in [-0.05, 0) is 31.7 Å². The molecule has 2 atom stereocenters. The minimum absolute atomic E-state index is 0.833. The van der Waals surface area contributed by atoms with Gasteiger partial charge in [0.25, 0.3) is 0 Å². The Morgan fingerprint density at radius 3 is 2.90 bits per heavy atom. The van der Waals surface area contributed by atoms with E-state index in [9.17, 15) is 0 Å². The summed E-state index contributed by atoms with van der Waals surface area (Å²) in [7, 11) is 0. The van der Waals surface area contributed by atoms with Crippen LogP contribution in [0.25, 0.3) is 0 Å². The third-order valence-electron chi connectivity index (χ3n) is 2.53. The lowest BCUT2D eigenvalue weighted by molar-refractivity contribution is 0.392. The zero-order valence-electron chi connectivity index (χ0n) is 7.19. The van der Waals surface area contributed by atoms with Crippen molar-refractivity contribution in [3.05, 3.63) is 0 Å². The normalized spacial score (nSPS) is 28.8. The molecule has 0 amide bonds. The van der Waals surface area contributed by atoms with Crippen molar-refractivity contribution in [3.8, 4) is 0 Å². The summed E-state index contributed by atoms with van der Waals surface area (Å²) in [6.45, 7) is 5.89. The van der Waals surface area contributed by atoms with E-state index in [4.69, 9.17) is 0 Å².